The summed E-state index contributed by atoms with van der Waals surface area (Å²) in [7, 11) is 0. The summed E-state index contributed by atoms with van der Waals surface area (Å²) in [6, 6.07) is 0. The molecule has 70 valence electrons. The van der Waals surface area contributed by atoms with Crippen molar-refractivity contribution in [3.8, 4) is 0 Å². The van der Waals surface area contributed by atoms with Crippen LogP contribution in [0, 0.1) is 23.2 Å². The highest BCUT2D eigenvalue weighted by Crippen LogP contribution is 2.65. The fourth-order valence-corrected chi connectivity index (χ4v) is 2.85. The molecule has 0 amide bonds. The maximum absolute atomic E-state index is 2.52. The molecule has 0 aromatic heterocycles. The molecule has 0 aromatic rings. The number of hydrogen-bond acceptors (Lipinski definition) is 0. The van der Waals surface area contributed by atoms with E-state index in [1.807, 2.05) is 0 Å². The van der Waals surface area contributed by atoms with Crippen LogP contribution in [-0.2, 0) is 0 Å². The second-order valence-corrected chi connectivity index (χ2v) is 5.52. The average Bonchev–Trinajstić information content (AvgIpc) is 2.84. The summed E-state index contributed by atoms with van der Waals surface area (Å²) < 4.78 is 0. The Labute approximate surface area is 76.7 Å². The van der Waals surface area contributed by atoms with Crippen molar-refractivity contribution in [3.63, 3.8) is 0 Å². The molecule has 0 nitrogen and oxygen atoms in total. The minimum Gasteiger partial charge on any atom is -0.0651 e. The van der Waals surface area contributed by atoms with E-state index in [9.17, 15) is 0 Å². The van der Waals surface area contributed by atoms with Gasteiger partial charge >= 0.3 is 0 Å². The Hall–Kier alpha value is 0. The van der Waals surface area contributed by atoms with Crippen LogP contribution in [0.4, 0.5) is 0 Å². The molecule has 2 fully saturated rings. The Morgan fingerprint density at radius 1 is 1.42 bits per heavy atom. The normalized spacial score (nSPS) is 42.8. The van der Waals surface area contributed by atoms with Gasteiger partial charge in [-0.25, -0.2) is 0 Å². The summed E-state index contributed by atoms with van der Waals surface area (Å²) in [5.41, 5.74) is 0.774. The van der Waals surface area contributed by atoms with Gasteiger partial charge in [0, 0.05) is 0 Å². The molecule has 0 saturated heterocycles. The van der Waals surface area contributed by atoms with Crippen molar-refractivity contribution in [3.05, 3.63) is 0 Å². The minimum atomic E-state index is 0.774. The van der Waals surface area contributed by atoms with E-state index >= 15 is 0 Å². The van der Waals surface area contributed by atoms with Crippen LogP contribution < -0.4 is 0 Å². The highest BCUT2D eigenvalue weighted by molar-refractivity contribution is 5.05. The quantitative estimate of drug-likeness (QED) is 0.595. The highest BCUT2D eigenvalue weighted by Gasteiger charge is 2.56. The topological polar surface area (TPSA) is 0 Å². The van der Waals surface area contributed by atoms with Gasteiger partial charge in [0.25, 0.3) is 0 Å². The molecule has 2 aliphatic carbocycles. The maximum atomic E-state index is 2.52. The lowest BCUT2D eigenvalue weighted by Gasteiger charge is -2.15. The van der Waals surface area contributed by atoms with Crippen LogP contribution in [0.3, 0.4) is 0 Å². The van der Waals surface area contributed by atoms with Gasteiger partial charge in [-0.15, -0.1) is 0 Å². The SMILES string of the molecule is CCC(C)CC1(C)CC1C1CC1. The fraction of sp³-hybridized carbons (Fsp3) is 1.00. The zero-order valence-corrected chi connectivity index (χ0v) is 8.77. The second-order valence-electron chi connectivity index (χ2n) is 5.52. The van der Waals surface area contributed by atoms with Crippen LogP contribution in [0.15, 0.2) is 0 Å². The van der Waals surface area contributed by atoms with E-state index in [-0.39, 0.29) is 0 Å². The predicted molar refractivity (Wildman–Crippen MR) is 53.0 cm³/mol. The molecule has 0 N–H and O–H groups in total. The van der Waals surface area contributed by atoms with Gasteiger partial charge in [-0.3, -0.25) is 0 Å². The molecular formula is C12H22. The van der Waals surface area contributed by atoms with E-state index in [1.54, 1.807) is 19.3 Å². The molecule has 2 saturated carbocycles. The first kappa shape index (κ1) is 8.59. The zero-order valence-electron chi connectivity index (χ0n) is 8.77. The standard InChI is InChI=1S/C12H22/c1-4-9(2)7-12(3)8-11(12)10-5-6-10/h9-11H,4-8H2,1-3H3. The fourth-order valence-electron chi connectivity index (χ4n) is 2.85. The minimum absolute atomic E-state index is 0.774. The largest absolute Gasteiger partial charge is 0.0651 e. The van der Waals surface area contributed by atoms with Crippen LogP contribution in [-0.4, -0.2) is 0 Å². The molecule has 2 rings (SSSR count). The van der Waals surface area contributed by atoms with Crippen molar-refractivity contribution in [2.45, 2.75) is 52.9 Å². The van der Waals surface area contributed by atoms with E-state index in [0.717, 1.165) is 23.2 Å². The molecule has 0 heteroatoms. The van der Waals surface area contributed by atoms with E-state index in [1.165, 1.54) is 12.8 Å². The van der Waals surface area contributed by atoms with Gasteiger partial charge in [-0.2, -0.15) is 0 Å². The number of hydrogen-bond donors (Lipinski definition) is 0. The van der Waals surface area contributed by atoms with E-state index in [4.69, 9.17) is 0 Å². The summed E-state index contributed by atoms with van der Waals surface area (Å²) >= 11 is 0. The lowest BCUT2D eigenvalue weighted by atomic mass is 9.90. The molecule has 12 heavy (non-hydrogen) atoms. The third-order valence-electron chi connectivity index (χ3n) is 4.12. The third-order valence-corrected chi connectivity index (χ3v) is 4.12. The van der Waals surface area contributed by atoms with Gasteiger partial charge in [-0.05, 0) is 48.9 Å². The molecule has 0 aromatic carbocycles. The van der Waals surface area contributed by atoms with Crippen molar-refractivity contribution in [1.29, 1.82) is 0 Å². The third kappa shape index (κ3) is 1.53. The molecule has 0 bridgehead atoms. The lowest BCUT2D eigenvalue weighted by molar-refractivity contribution is 0.350. The molecule has 2 aliphatic rings. The van der Waals surface area contributed by atoms with Crippen LogP contribution in [0.5, 0.6) is 0 Å². The molecule has 0 heterocycles. The summed E-state index contributed by atoms with van der Waals surface area (Å²) in [6.45, 7) is 7.25. The molecule has 0 spiro atoms. The van der Waals surface area contributed by atoms with Gasteiger partial charge in [0.15, 0.2) is 0 Å². The highest BCUT2D eigenvalue weighted by atomic mass is 14.6. The Bertz CT molecular complexity index is 169. The van der Waals surface area contributed by atoms with Gasteiger partial charge < -0.3 is 0 Å². The smallest absolute Gasteiger partial charge is 0.0289 e. The Balaban J connectivity index is 1.80. The molecule has 0 aliphatic heterocycles. The summed E-state index contributed by atoms with van der Waals surface area (Å²) in [6.07, 6.45) is 7.49. The molecule has 3 atom stereocenters. The van der Waals surface area contributed by atoms with Crippen LogP contribution >= 0.6 is 0 Å². The van der Waals surface area contributed by atoms with E-state index in [2.05, 4.69) is 20.8 Å². The predicted octanol–water partition coefficient (Wildman–Crippen LogP) is 3.86. The molecular weight excluding hydrogens is 144 g/mol. The zero-order chi connectivity index (χ0) is 8.77. The first-order valence-corrected chi connectivity index (χ1v) is 5.65. The van der Waals surface area contributed by atoms with Crippen LogP contribution in [0.25, 0.3) is 0 Å². The maximum Gasteiger partial charge on any atom is -0.0289 e. The van der Waals surface area contributed by atoms with Gasteiger partial charge in [0.1, 0.15) is 0 Å². The monoisotopic (exact) mass is 166 g/mol. The van der Waals surface area contributed by atoms with Crippen LogP contribution in [0.2, 0.25) is 0 Å². The van der Waals surface area contributed by atoms with Gasteiger partial charge in [0.05, 0.1) is 0 Å². The van der Waals surface area contributed by atoms with Gasteiger partial charge in [0.2, 0.25) is 0 Å². The first-order valence-electron chi connectivity index (χ1n) is 5.65. The Kier molecular flexibility index (Phi) is 1.97. The Morgan fingerprint density at radius 3 is 2.58 bits per heavy atom. The summed E-state index contributed by atoms with van der Waals surface area (Å²) in [5, 5.41) is 0. The van der Waals surface area contributed by atoms with Crippen molar-refractivity contribution in [1.82, 2.24) is 0 Å². The van der Waals surface area contributed by atoms with Crippen LogP contribution in [0.1, 0.15) is 52.9 Å². The average molecular weight is 166 g/mol. The summed E-state index contributed by atoms with van der Waals surface area (Å²) in [4.78, 5) is 0. The second kappa shape index (κ2) is 2.75. The molecule has 0 radical (unpaired) electrons. The molecule has 3 unspecified atom stereocenters. The van der Waals surface area contributed by atoms with Crippen molar-refractivity contribution in [2.24, 2.45) is 23.2 Å². The van der Waals surface area contributed by atoms with Gasteiger partial charge in [-0.1, -0.05) is 27.2 Å². The number of rotatable bonds is 4. The van der Waals surface area contributed by atoms with Crippen molar-refractivity contribution >= 4 is 0 Å². The van der Waals surface area contributed by atoms with Crippen molar-refractivity contribution in [2.75, 3.05) is 0 Å². The van der Waals surface area contributed by atoms with E-state index in [0.29, 0.717) is 0 Å². The lowest BCUT2D eigenvalue weighted by Crippen LogP contribution is -2.05. The van der Waals surface area contributed by atoms with Crippen molar-refractivity contribution < 1.29 is 0 Å². The van der Waals surface area contributed by atoms with E-state index < -0.39 is 0 Å². The Morgan fingerprint density at radius 2 is 2.08 bits per heavy atom. The summed E-state index contributed by atoms with van der Waals surface area (Å²) in [5.74, 6) is 3.24. The first-order chi connectivity index (χ1) is 5.65.